The monoisotopic (exact) mass is 256 g/mol. The molecule has 0 aliphatic carbocycles. The van der Waals surface area contributed by atoms with Gasteiger partial charge in [-0.1, -0.05) is 33.1 Å². The van der Waals surface area contributed by atoms with Crippen molar-refractivity contribution in [1.82, 2.24) is 4.90 Å². The second kappa shape index (κ2) is 8.89. The van der Waals surface area contributed by atoms with Crippen LogP contribution in [0.1, 0.15) is 52.4 Å². The molecule has 1 saturated heterocycles. The maximum Gasteiger partial charge on any atom is 0.0599 e. The molecular weight excluding hydrogens is 224 g/mol. The van der Waals surface area contributed by atoms with Crippen LogP contribution in [0.2, 0.25) is 0 Å². The summed E-state index contributed by atoms with van der Waals surface area (Å²) in [6.45, 7) is 7.75. The molecule has 0 bridgehead atoms. The second-order valence-corrected chi connectivity index (χ2v) is 5.68. The predicted molar refractivity (Wildman–Crippen MR) is 77.8 cm³/mol. The van der Waals surface area contributed by atoms with Gasteiger partial charge in [0.1, 0.15) is 0 Å². The van der Waals surface area contributed by atoms with Crippen LogP contribution < -0.4 is 5.73 Å². The van der Waals surface area contributed by atoms with Crippen molar-refractivity contribution in [3.05, 3.63) is 0 Å². The minimum Gasteiger partial charge on any atom is -0.381 e. The minimum absolute atomic E-state index is 0.422. The highest BCUT2D eigenvalue weighted by Crippen LogP contribution is 2.22. The molecule has 3 heteroatoms. The first kappa shape index (κ1) is 15.9. The largest absolute Gasteiger partial charge is 0.381 e. The maximum atomic E-state index is 5.93. The smallest absolute Gasteiger partial charge is 0.0599 e. The third-order valence-corrected chi connectivity index (χ3v) is 4.43. The van der Waals surface area contributed by atoms with Gasteiger partial charge >= 0.3 is 0 Å². The number of hydrogen-bond donors (Lipinski definition) is 1. The highest BCUT2D eigenvalue weighted by atomic mass is 16.5. The Kier molecular flexibility index (Phi) is 7.87. The van der Waals surface area contributed by atoms with Crippen LogP contribution in [0.15, 0.2) is 0 Å². The second-order valence-electron chi connectivity index (χ2n) is 5.68. The molecule has 108 valence electrons. The first-order valence-corrected chi connectivity index (χ1v) is 7.71. The lowest BCUT2D eigenvalue weighted by molar-refractivity contribution is 0.00694. The van der Waals surface area contributed by atoms with E-state index in [9.17, 15) is 0 Å². The van der Waals surface area contributed by atoms with Crippen molar-refractivity contribution in [3.8, 4) is 0 Å². The highest BCUT2D eigenvalue weighted by Gasteiger charge is 2.28. The van der Waals surface area contributed by atoms with Crippen LogP contribution in [0.5, 0.6) is 0 Å². The van der Waals surface area contributed by atoms with E-state index in [1.165, 1.54) is 32.2 Å². The van der Waals surface area contributed by atoms with Crippen molar-refractivity contribution in [1.29, 1.82) is 0 Å². The number of methoxy groups -OCH3 is 1. The lowest BCUT2D eigenvalue weighted by Gasteiger charge is -2.40. The molecule has 1 aliphatic heterocycles. The number of piperidine rings is 1. The molecule has 3 atom stereocenters. The Bertz CT molecular complexity index is 211. The summed E-state index contributed by atoms with van der Waals surface area (Å²) in [5, 5.41) is 0. The number of unbranched alkanes of at least 4 members (excludes halogenated alkanes) is 1. The molecule has 1 rings (SSSR count). The summed E-state index contributed by atoms with van der Waals surface area (Å²) >= 11 is 0. The Balaban J connectivity index is 2.43. The van der Waals surface area contributed by atoms with E-state index in [0.29, 0.717) is 12.1 Å². The van der Waals surface area contributed by atoms with E-state index >= 15 is 0 Å². The minimum atomic E-state index is 0.422. The van der Waals surface area contributed by atoms with Gasteiger partial charge < -0.3 is 10.5 Å². The van der Waals surface area contributed by atoms with Crippen molar-refractivity contribution in [3.63, 3.8) is 0 Å². The first-order valence-electron chi connectivity index (χ1n) is 7.71. The fourth-order valence-electron chi connectivity index (χ4n) is 3.01. The molecule has 0 aromatic rings. The molecule has 3 nitrogen and oxygen atoms in total. The molecule has 18 heavy (non-hydrogen) atoms. The summed E-state index contributed by atoms with van der Waals surface area (Å²) in [7, 11) is 1.82. The van der Waals surface area contributed by atoms with E-state index in [0.717, 1.165) is 31.8 Å². The van der Waals surface area contributed by atoms with Crippen LogP contribution in [0, 0.1) is 5.92 Å². The van der Waals surface area contributed by atoms with Crippen molar-refractivity contribution < 1.29 is 4.74 Å². The quantitative estimate of drug-likeness (QED) is 0.725. The normalized spacial score (nSPS) is 27.3. The molecule has 3 unspecified atom stereocenters. The Morgan fingerprint density at radius 2 is 2.17 bits per heavy atom. The topological polar surface area (TPSA) is 38.5 Å². The van der Waals surface area contributed by atoms with Gasteiger partial charge in [0.15, 0.2) is 0 Å². The van der Waals surface area contributed by atoms with Crippen LogP contribution in [0.25, 0.3) is 0 Å². The van der Waals surface area contributed by atoms with E-state index in [2.05, 4.69) is 18.7 Å². The Morgan fingerprint density at radius 3 is 2.72 bits per heavy atom. The fraction of sp³-hybridized carbons (Fsp3) is 1.00. The van der Waals surface area contributed by atoms with Crippen LogP contribution in [-0.4, -0.2) is 43.8 Å². The van der Waals surface area contributed by atoms with Crippen LogP contribution >= 0.6 is 0 Å². The zero-order chi connectivity index (χ0) is 13.4. The Morgan fingerprint density at radius 1 is 1.39 bits per heavy atom. The van der Waals surface area contributed by atoms with Crippen molar-refractivity contribution in [2.45, 2.75) is 64.5 Å². The van der Waals surface area contributed by atoms with Gasteiger partial charge in [-0.2, -0.15) is 0 Å². The number of nitrogens with two attached hydrogens (primary N) is 1. The lowest BCUT2D eigenvalue weighted by Crippen LogP contribution is -2.50. The maximum absolute atomic E-state index is 5.93. The van der Waals surface area contributed by atoms with E-state index in [1.54, 1.807) is 0 Å². The summed E-state index contributed by atoms with van der Waals surface area (Å²) in [4.78, 5) is 2.61. The molecule has 1 fully saturated rings. The van der Waals surface area contributed by atoms with E-state index in [4.69, 9.17) is 10.5 Å². The molecule has 1 heterocycles. The van der Waals surface area contributed by atoms with Gasteiger partial charge in [0.05, 0.1) is 6.10 Å². The van der Waals surface area contributed by atoms with Gasteiger partial charge in [-0.15, -0.1) is 0 Å². The molecule has 0 spiro atoms. The molecule has 2 N–H and O–H groups in total. The van der Waals surface area contributed by atoms with Crippen molar-refractivity contribution >= 4 is 0 Å². The average molecular weight is 256 g/mol. The van der Waals surface area contributed by atoms with E-state index in [1.807, 2.05) is 7.11 Å². The number of rotatable bonds is 8. The van der Waals surface area contributed by atoms with E-state index in [-0.39, 0.29) is 0 Å². The molecule has 0 amide bonds. The zero-order valence-corrected chi connectivity index (χ0v) is 12.5. The SMILES string of the molecule is CCCCC(CC)CN1CCC(OC)CC1CN. The van der Waals surface area contributed by atoms with Gasteiger partial charge in [-0.25, -0.2) is 0 Å². The number of likely N-dealkylation sites (tertiary alicyclic amines) is 1. The van der Waals surface area contributed by atoms with E-state index < -0.39 is 0 Å². The molecule has 0 aromatic carbocycles. The van der Waals surface area contributed by atoms with Crippen LogP contribution in [-0.2, 0) is 4.74 Å². The van der Waals surface area contributed by atoms with Crippen LogP contribution in [0.4, 0.5) is 0 Å². The lowest BCUT2D eigenvalue weighted by atomic mass is 9.94. The summed E-state index contributed by atoms with van der Waals surface area (Å²) in [5.41, 5.74) is 5.93. The zero-order valence-electron chi connectivity index (χ0n) is 12.5. The molecule has 0 radical (unpaired) electrons. The Labute approximate surface area is 113 Å². The van der Waals surface area contributed by atoms with Crippen molar-refractivity contribution in [2.75, 3.05) is 26.7 Å². The number of ether oxygens (including phenoxy) is 1. The fourth-order valence-corrected chi connectivity index (χ4v) is 3.01. The van der Waals surface area contributed by atoms with Gasteiger partial charge in [0.2, 0.25) is 0 Å². The van der Waals surface area contributed by atoms with Gasteiger partial charge in [0, 0.05) is 32.8 Å². The predicted octanol–water partition coefficient (Wildman–Crippen LogP) is 2.64. The summed E-state index contributed by atoms with van der Waals surface area (Å²) in [6, 6.07) is 0.527. The summed E-state index contributed by atoms with van der Waals surface area (Å²) < 4.78 is 5.49. The molecule has 1 aliphatic rings. The standard InChI is InChI=1S/C15H32N2O/c1-4-6-7-13(5-2)12-17-9-8-15(18-3)10-14(17)11-16/h13-15H,4-12,16H2,1-3H3. The molecule has 0 aromatic heterocycles. The first-order chi connectivity index (χ1) is 8.74. The van der Waals surface area contributed by atoms with Gasteiger partial charge in [-0.05, 0) is 25.2 Å². The van der Waals surface area contributed by atoms with Gasteiger partial charge in [-0.3, -0.25) is 4.90 Å². The third kappa shape index (κ3) is 4.87. The summed E-state index contributed by atoms with van der Waals surface area (Å²) in [6.07, 6.45) is 8.03. The third-order valence-electron chi connectivity index (χ3n) is 4.43. The molecule has 0 saturated carbocycles. The van der Waals surface area contributed by atoms with Crippen LogP contribution in [0.3, 0.4) is 0 Å². The molecular formula is C15H32N2O. The summed E-state index contributed by atoms with van der Waals surface area (Å²) in [5.74, 6) is 0.845. The number of hydrogen-bond acceptors (Lipinski definition) is 3. The van der Waals surface area contributed by atoms with Gasteiger partial charge in [0.25, 0.3) is 0 Å². The van der Waals surface area contributed by atoms with Crippen molar-refractivity contribution in [2.24, 2.45) is 11.7 Å². The highest BCUT2D eigenvalue weighted by molar-refractivity contribution is 4.84. The number of nitrogens with zero attached hydrogens (tertiary/aromatic N) is 1. The Hall–Kier alpha value is -0.120. The average Bonchev–Trinajstić information content (AvgIpc) is 2.43.